The molecule has 2 amide bonds. The van der Waals surface area contributed by atoms with Gasteiger partial charge in [-0.3, -0.25) is 9.59 Å². The summed E-state index contributed by atoms with van der Waals surface area (Å²) in [6, 6.07) is 7.25. The van der Waals surface area contributed by atoms with Gasteiger partial charge in [0.15, 0.2) is 0 Å². The smallest absolute Gasteiger partial charge is 0.251 e. The highest BCUT2D eigenvalue weighted by Crippen LogP contribution is 2.37. The minimum atomic E-state index is -0.0673. The van der Waals surface area contributed by atoms with Crippen molar-refractivity contribution in [2.75, 3.05) is 0 Å². The molecule has 1 aliphatic carbocycles. The Bertz CT molecular complexity index is 602. The van der Waals surface area contributed by atoms with Gasteiger partial charge in [-0.25, -0.2) is 0 Å². The van der Waals surface area contributed by atoms with Gasteiger partial charge in [0.1, 0.15) is 0 Å². The van der Waals surface area contributed by atoms with Crippen LogP contribution in [0.2, 0.25) is 5.02 Å². The number of amides is 2. The SMILES string of the molecule is CCCC1CC(=O)NC2CC(NC(=O)c3ccc(Cl)cc3)CCC12. The van der Waals surface area contributed by atoms with Crippen molar-refractivity contribution in [3.8, 4) is 0 Å². The van der Waals surface area contributed by atoms with Gasteiger partial charge in [0.25, 0.3) is 5.91 Å². The first kappa shape index (κ1) is 17.3. The third-order valence-electron chi connectivity index (χ3n) is 5.40. The highest BCUT2D eigenvalue weighted by atomic mass is 35.5. The number of rotatable bonds is 4. The summed E-state index contributed by atoms with van der Waals surface area (Å²) in [5.41, 5.74) is 0.623. The summed E-state index contributed by atoms with van der Waals surface area (Å²) >= 11 is 5.87. The van der Waals surface area contributed by atoms with E-state index in [0.29, 0.717) is 28.8 Å². The van der Waals surface area contributed by atoms with Crippen LogP contribution in [0.5, 0.6) is 0 Å². The Morgan fingerprint density at radius 1 is 1.29 bits per heavy atom. The third-order valence-corrected chi connectivity index (χ3v) is 5.66. The standard InChI is InChI=1S/C19H25ClN2O2/c1-2-3-13-10-18(23)22-17-11-15(8-9-16(13)17)21-19(24)12-4-6-14(20)7-5-12/h4-7,13,15-17H,2-3,8-11H2,1H3,(H,21,24)(H,22,23). The number of piperidine rings is 1. The fourth-order valence-electron chi connectivity index (χ4n) is 4.27. The van der Waals surface area contributed by atoms with Gasteiger partial charge < -0.3 is 10.6 Å². The minimum absolute atomic E-state index is 0.0673. The van der Waals surface area contributed by atoms with E-state index in [1.807, 2.05) is 0 Å². The molecule has 1 aromatic carbocycles. The number of hydrogen-bond acceptors (Lipinski definition) is 2. The van der Waals surface area contributed by atoms with Gasteiger partial charge >= 0.3 is 0 Å². The van der Waals surface area contributed by atoms with Crippen molar-refractivity contribution in [3.63, 3.8) is 0 Å². The summed E-state index contributed by atoms with van der Waals surface area (Å²) in [6.07, 6.45) is 5.79. The molecule has 0 radical (unpaired) electrons. The second kappa shape index (κ2) is 7.56. The third kappa shape index (κ3) is 3.92. The molecule has 2 aliphatic rings. The van der Waals surface area contributed by atoms with Crippen LogP contribution in [-0.4, -0.2) is 23.9 Å². The minimum Gasteiger partial charge on any atom is -0.353 e. The van der Waals surface area contributed by atoms with E-state index < -0.39 is 0 Å². The Labute approximate surface area is 148 Å². The van der Waals surface area contributed by atoms with Crippen molar-refractivity contribution in [2.45, 2.75) is 57.5 Å². The quantitative estimate of drug-likeness (QED) is 0.874. The molecule has 4 unspecified atom stereocenters. The summed E-state index contributed by atoms with van der Waals surface area (Å²) in [5, 5.41) is 6.89. The van der Waals surface area contributed by atoms with Crippen LogP contribution in [0.25, 0.3) is 0 Å². The Morgan fingerprint density at radius 2 is 2.04 bits per heavy atom. The van der Waals surface area contributed by atoms with Gasteiger partial charge in [0.05, 0.1) is 0 Å². The number of halogens is 1. The largest absolute Gasteiger partial charge is 0.353 e. The molecular formula is C19H25ClN2O2. The van der Waals surface area contributed by atoms with Crippen LogP contribution in [0.15, 0.2) is 24.3 Å². The maximum absolute atomic E-state index is 12.4. The van der Waals surface area contributed by atoms with E-state index in [1.54, 1.807) is 24.3 Å². The molecular weight excluding hydrogens is 324 g/mol. The number of fused-ring (bicyclic) bond motifs is 1. The van der Waals surface area contributed by atoms with Gasteiger partial charge in [-0.1, -0.05) is 24.9 Å². The van der Waals surface area contributed by atoms with Gasteiger partial charge in [0, 0.05) is 29.1 Å². The van der Waals surface area contributed by atoms with Crippen molar-refractivity contribution >= 4 is 23.4 Å². The van der Waals surface area contributed by atoms with Crippen LogP contribution < -0.4 is 10.6 Å². The lowest BCUT2D eigenvalue weighted by Gasteiger charge is -2.44. The summed E-state index contributed by atoms with van der Waals surface area (Å²) in [5.74, 6) is 1.16. The highest BCUT2D eigenvalue weighted by molar-refractivity contribution is 6.30. The first-order valence-corrected chi connectivity index (χ1v) is 9.30. The Balaban J connectivity index is 1.61. The Kier molecular flexibility index (Phi) is 5.44. The number of nitrogens with one attached hydrogen (secondary N) is 2. The van der Waals surface area contributed by atoms with Crippen molar-refractivity contribution in [3.05, 3.63) is 34.9 Å². The van der Waals surface area contributed by atoms with Crippen LogP contribution in [0.4, 0.5) is 0 Å². The molecule has 5 heteroatoms. The Morgan fingerprint density at radius 3 is 2.75 bits per heavy atom. The van der Waals surface area contributed by atoms with Gasteiger partial charge in [0.2, 0.25) is 5.91 Å². The molecule has 2 fully saturated rings. The molecule has 1 aromatic rings. The van der Waals surface area contributed by atoms with Crippen molar-refractivity contribution in [1.82, 2.24) is 10.6 Å². The number of carbonyl (C=O) groups is 2. The van der Waals surface area contributed by atoms with E-state index in [-0.39, 0.29) is 23.9 Å². The zero-order valence-corrected chi connectivity index (χ0v) is 14.8. The summed E-state index contributed by atoms with van der Waals surface area (Å²) in [6.45, 7) is 2.18. The lowest BCUT2D eigenvalue weighted by Crippen LogP contribution is -2.55. The molecule has 130 valence electrons. The van der Waals surface area contributed by atoms with Gasteiger partial charge in [-0.05, 0) is 61.8 Å². The lowest BCUT2D eigenvalue weighted by molar-refractivity contribution is -0.127. The van der Waals surface area contributed by atoms with E-state index in [4.69, 9.17) is 11.6 Å². The maximum Gasteiger partial charge on any atom is 0.251 e. The molecule has 4 atom stereocenters. The average Bonchev–Trinajstić information content (AvgIpc) is 2.55. The average molecular weight is 349 g/mol. The maximum atomic E-state index is 12.4. The number of hydrogen-bond donors (Lipinski definition) is 2. The molecule has 3 rings (SSSR count). The molecule has 4 nitrogen and oxygen atoms in total. The van der Waals surface area contributed by atoms with Crippen LogP contribution in [0.1, 0.15) is 55.8 Å². The molecule has 1 saturated heterocycles. The van der Waals surface area contributed by atoms with Gasteiger partial charge in [-0.15, -0.1) is 0 Å². The number of carbonyl (C=O) groups excluding carboxylic acids is 2. The molecule has 0 bridgehead atoms. The molecule has 2 N–H and O–H groups in total. The highest BCUT2D eigenvalue weighted by Gasteiger charge is 2.40. The second-order valence-corrected chi connectivity index (χ2v) is 7.52. The zero-order valence-electron chi connectivity index (χ0n) is 14.1. The lowest BCUT2D eigenvalue weighted by atomic mass is 9.70. The van der Waals surface area contributed by atoms with E-state index in [0.717, 1.165) is 32.1 Å². The molecule has 0 aromatic heterocycles. The van der Waals surface area contributed by atoms with E-state index >= 15 is 0 Å². The molecule has 1 heterocycles. The normalized spacial score (nSPS) is 29.5. The predicted molar refractivity (Wildman–Crippen MR) is 95.0 cm³/mol. The van der Waals surface area contributed by atoms with E-state index in [1.165, 1.54) is 0 Å². The molecule has 1 saturated carbocycles. The van der Waals surface area contributed by atoms with Crippen LogP contribution in [0, 0.1) is 11.8 Å². The second-order valence-electron chi connectivity index (χ2n) is 7.08. The first-order chi connectivity index (χ1) is 11.6. The molecule has 1 aliphatic heterocycles. The van der Waals surface area contributed by atoms with Gasteiger partial charge in [-0.2, -0.15) is 0 Å². The first-order valence-electron chi connectivity index (χ1n) is 8.92. The van der Waals surface area contributed by atoms with Crippen LogP contribution in [0.3, 0.4) is 0 Å². The van der Waals surface area contributed by atoms with Crippen molar-refractivity contribution in [1.29, 1.82) is 0 Å². The Hall–Kier alpha value is -1.55. The van der Waals surface area contributed by atoms with E-state index in [2.05, 4.69) is 17.6 Å². The predicted octanol–water partition coefficient (Wildman–Crippen LogP) is 3.54. The molecule has 0 spiro atoms. The summed E-state index contributed by atoms with van der Waals surface area (Å²) in [4.78, 5) is 24.3. The van der Waals surface area contributed by atoms with Crippen molar-refractivity contribution < 1.29 is 9.59 Å². The fraction of sp³-hybridized carbons (Fsp3) is 0.579. The van der Waals surface area contributed by atoms with Crippen molar-refractivity contribution in [2.24, 2.45) is 11.8 Å². The topological polar surface area (TPSA) is 58.2 Å². The molecule has 24 heavy (non-hydrogen) atoms. The van der Waals surface area contributed by atoms with Crippen LogP contribution in [-0.2, 0) is 4.79 Å². The zero-order chi connectivity index (χ0) is 17.1. The van der Waals surface area contributed by atoms with E-state index in [9.17, 15) is 9.59 Å². The summed E-state index contributed by atoms with van der Waals surface area (Å²) in [7, 11) is 0. The van der Waals surface area contributed by atoms with Crippen LogP contribution >= 0.6 is 11.6 Å². The number of benzene rings is 1. The summed E-state index contributed by atoms with van der Waals surface area (Å²) < 4.78 is 0. The fourth-order valence-corrected chi connectivity index (χ4v) is 4.39. The monoisotopic (exact) mass is 348 g/mol.